The first-order chi connectivity index (χ1) is 8.33. The molecule has 0 unspecified atom stereocenters. The summed E-state index contributed by atoms with van der Waals surface area (Å²) in [5, 5.41) is 5.23. The van der Waals surface area contributed by atoms with Crippen LogP contribution in [0.1, 0.15) is 46.8 Å². The maximum absolute atomic E-state index is 12.0. The topological polar surface area (TPSA) is 38.3 Å². The average Bonchev–Trinajstić information content (AvgIpc) is 3.08. The number of amides is 1. The number of rotatable bonds is 3. The van der Waals surface area contributed by atoms with E-state index in [9.17, 15) is 4.79 Å². The van der Waals surface area contributed by atoms with Crippen molar-refractivity contribution in [2.75, 3.05) is 13.2 Å². The SMILES string of the molecule is O=C(NC1CCOCC1)c1cc(C2CC2)cs1. The van der Waals surface area contributed by atoms with Gasteiger partial charge < -0.3 is 10.1 Å². The van der Waals surface area contributed by atoms with Gasteiger partial charge in [0.15, 0.2) is 0 Å². The number of hydrogen-bond acceptors (Lipinski definition) is 3. The van der Waals surface area contributed by atoms with Gasteiger partial charge in [0.25, 0.3) is 5.91 Å². The van der Waals surface area contributed by atoms with Gasteiger partial charge >= 0.3 is 0 Å². The Morgan fingerprint density at radius 1 is 1.29 bits per heavy atom. The third kappa shape index (κ3) is 2.69. The van der Waals surface area contributed by atoms with Crippen LogP contribution in [0.5, 0.6) is 0 Å². The number of carbonyl (C=O) groups is 1. The van der Waals surface area contributed by atoms with Gasteiger partial charge in [0.05, 0.1) is 4.88 Å². The molecule has 1 aromatic heterocycles. The quantitative estimate of drug-likeness (QED) is 0.896. The molecule has 2 aliphatic rings. The van der Waals surface area contributed by atoms with Crippen LogP contribution in [0, 0.1) is 0 Å². The second-order valence-electron chi connectivity index (χ2n) is 4.88. The molecule has 0 bridgehead atoms. The van der Waals surface area contributed by atoms with Crippen molar-refractivity contribution in [1.82, 2.24) is 5.32 Å². The van der Waals surface area contributed by atoms with E-state index >= 15 is 0 Å². The monoisotopic (exact) mass is 251 g/mol. The highest BCUT2D eigenvalue weighted by Gasteiger charge is 2.26. The summed E-state index contributed by atoms with van der Waals surface area (Å²) in [4.78, 5) is 12.9. The Hall–Kier alpha value is -0.870. The van der Waals surface area contributed by atoms with Gasteiger partial charge in [0.2, 0.25) is 0 Å². The second kappa shape index (κ2) is 4.78. The Kier molecular flexibility index (Phi) is 3.16. The first-order valence-electron chi connectivity index (χ1n) is 6.30. The van der Waals surface area contributed by atoms with Crippen molar-refractivity contribution in [3.63, 3.8) is 0 Å². The lowest BCUT2D eigenvalue weighted by Gasteiger charge is -2.22. The molecule has 0 spiro atoms. The normalized spacial score (nSPS) is 21.4. The number of hydrogen-bond donors (Lipinski definition) is 1. The molecule has 2 fully saturated rings. The number of nitrogens with one attached hydrogen (secondary N) is 1. The minimum absolute atomic E-state index is 0.0915. The third-order valence-corrected chi connectivity index (χ3v) is 4.40. The van der Waals surface area contributed by atoms with Crippen molar-refractivity contribution in [1.29, 1.82) is 0 Å². The van der Waals surface area contributed by atoms with Crippen LogP contribution in [0.15, 0.2) is 11.4 Å². The fourth-order valence-electron chi connectivity index (χ4n) is 2.20. The van der Waals surface area contributed by atoms with Crippen LogP contribution in [0.3, 0.4) is 0 Å². The molecule has 17 heavy (non-hydrogen) atoms. The fourth-order valence-corrected chi connectivity index (χ4v) is 3.09. The van der Waals surface area contributed by atoms with E-state index in [2.05, 4.69) is 16.8 Å². The van der Waals surface area contributed by atoms with Crippen LogP contribution in [0.2, 0.25) is 0 Å². The van der Waals surface area contributed by atoms with Gasteiger partial charge in [0, 0.05) is 19.3 Å². The van der Waals surface area contributed by atoms with Crippen molar-refractivity contribution in [2.24, 2.45) is 0 Å². The highest BCUT2D eigenvalue weighted by Crippen LogP contribution is 2.41. The second-order valence-corrected chi connectivity index (χ2v) is 5.79. The van der Waals surface area contributed by atoms with E-state index in [1.165, 1.54) is 18.4 Å². The zero-order chi connectivity index (χ0) is 11.7. The molecule has 1 saturated heterocycles. The van der Waals surface area contributed by atoms with Crippen molar-refractivity contribution < 1.29 is 9.53 Å². The maximum atomic E-state index is 12.0. The molecular formula is C13H17NO2S. The lowest BCUT2D eigenvalue weighted by molar-refractivity contribution is 0.0698. The number of ether oxygens (including phenoxy) is 1. The Bertz CT molecular complexity index is 405. The summed E-state index contributed by atoms with van der Waals surface area (Å²) in [5.74, 6) is 0.824. The van der Waals surface area contributed by atoms with Crippen LogP contribution in [0.4, 0.5) is 0 Å². The molecule has 2 heterocycles. The van der Waals surface area contributed by atoms with Crippen LogP contribution < -0.4 is 5.32 Å². The molecule has 4 heteroatoms. The van der Waals surface area contributed by atoms with Gasteiger partial charge in [0.1, 0.15) is 0 Å². The van der Waals surface area contributed by atoms with E-state index in [-0.39, 0.29) is 5.91 Å². The summed E-state index contributed by atoms with van der Waals surface area (Å²) in [6.07, 6.45) is 4.45. The summed E-state index contributed by atoms with van der Waals surface area (Å²) < 4.78 is 5.28. The van der Waals surface area contributed by atoms with Crippen LogP contribution in [-0.4, -0.2) is 25.2 Å². The van der Waals surface area contributed by atoms with E-state index < -0.39 is 0 Å². The molecule has 1 aromatic rings. The van der Waals surface area contributed by atoms with E-state index in [1.807, 2.05) is 0 Å². The Morgan fingerprint density at radius 3 is 2.76 bits per heavy atom. The number of carbonyl (C=O) groups excluding carboxylic acids is 1. The molecule has 0 atom stereocenters. The smallest absolute Gasteiger partial charge is 0.261 e. The van der Waals surface area contributed by atoms with Crippen molar-refractivity contribution >= 4 is 17.2 Å². The zero-order valence-electron chi connectivity index (χ0n) is 9.78. The molecule has 0 aromatic carbocycles. The summed E-state index contributed by atoms with van der Waals surface area (Å²) in [7, 11) is 0. The van der Waals surface area contributed by atoms with E-state index in [0.29, 0.717) is 6.04 Å². The standard InChI is InChI=1S/C13H17NO2S/c15-13(14-11-3-5-16-6-4-11)12-7-10(8-17-12)9-1-2-9/h7-9,11H,1-6H2,(H,14,15). The molecular weight excluding hydrogens is 234 g/mol. The van der Waals surface area contributed by atoms with Crippen molar-refractivity contribution in [3.05, 3.63) is 21.9 Å². The van der Waals surface area contributed by atoms with Gasteiger partial charge in [-0.05, 0) is 48.6 Å². The number of thiophene rings is 1. The average molecular weight is 251 g/mol. The highest BCUT2D eigenvalue weighted by molar-refractivity contribution is 7.12. The van der Waals surface area contributed by atoms with Gasteiger partial charge in [-0.15, -0.1) is 11.3 Å². The van der Waals surface area contributed by atoms with Gasteiger partial charge in [-0.25, -0.2) is 0 Å². The van der Waals surface area contributed by atoms with Gasteiger partial charge in [-0.1, -0.05) is 0 Å². The van der Waals surface area contributed by atoms with E-state index in [0.717, 1.165) is 36.9 Å². The summed E-state index contributed by atoms with van der Waals surface area (Å²) >= 11 is 1.57. The first-order valence-corrected chi connectivity index (χ1v) is 7.18. The van der Waals surface area contributed by atoms with Gasteiger partial charge in [-0.2, -0.15) is 0 Å². The third-order valence-electron chi connectivity index (χ3n) is 3.45. The Labute approximate surface area is 105 Å². The summed E-state index contributed by atoms with van der Waals surface area (Å²) in [6, 6.07) is 2.36. The first kappa shape index (κ1) is 11.2. The van der Waals surface area contributed by atoms with E-state index in [1.54, 1.807) is 11.3 Å². The van der Waals surface area contributed by atoms with Crippen LogP contribution in [0.25, 0.3) is 0 Å². The summed E-state index contributed by atoms with van der Waals surface area (Å²) in [5.41, 5.74) is 1.35. The molecule has 92 valence electrons. The predicted octanol–water partition coefficient (Wildman–Crippen LogP) is 2.53. The molecule has 1 aliphatic carbocycles. The van der Waals surface area contributed by atoms with Crippen molar-refractivity contribution in [2.45, 2.75) is 37.6 Å². The highest BCUT2D eigenvalue weighted by atomic mass is 32.1. The lowest BCUT2D eigenvalue weighted by atomic mass is 10.1. The minimum atomic E-state index is 0.0915. The minimum Gasteiger partial charge on any atom is -0.381 e. The molecule has 3 rings (SSSR count). The molecule has 1 saturated carbocycles. The van der Waals surface area contributed by atoms with Crippen LogP contribution in [-0.2, 0) is 4.74 Å². The van der Waals surface area contributed by atoms with Gasteiger partial charge in [-0.3, -0.25) is 4.79 Å². The summed E-state index contributed by atoms with van der Waals surface area (Å²) in [6.45, 7) is 1.53. The van der Waals surface area contributed by atoms with Crippen molar-refractivity contribution in [3.8, 4) is 0 Å². The lowest BCUT2D eigenvalue weighted by Crippen LogP contribution is -2.38. The largest absolute Gasteiger partial charge is 0.381 e. The predicted molar refractivity (Wildman–Crippen MR) is 67.6 cm³/mol. The molecule has 1 N–H and O–H groups in total. The van der Waals surface area contributed by atoms with Crippen LogP contribution >= 0.6 is 11.3 Å². The molecule has 0 radical (unpaired) electrons. The molecule has 1 amide bonds. The molecule has 1 aliphatic heterocycles. The maximum Gasteiger partial charge on any atom is 0.261 e. The Balaban J connectivity index is 1.59. The zero-order valence-corrected chi connectivity index (χ0v) is 10.6. The molecule has 3 nitrogen and oxygen atoms in total. The Morgan fingerprint density at radius 2 is 2.06 bits per heavy atom. The fraction of sp³-hybridized carbons (Fsp3) is 0.615. The van der Waals surface area contributed by atoms with E-state index in [4.69, 9.17) is 4.74 Å².